The van der Waals surface area contributed by atoms with Crippen molar-refractivity contribution in [2.75, 3.05) is 33.3 Å². The van der Waals surface area contributed by atoms with Gasteiger partial charge in [-0.05, 0) is 68.5 Å². The fourth-order valence-electron chi connectivity index (χ4n) is 5.46. The molecule has 0 unspecified atom stereocenters. The van der Waals surface area contributed by atoms with Crippen LogP contribution in [0.3, 0.4) is 0 Å². The molecule has 1 fully saturated rings. The monoisotopic (exact) mass is 467 g/mol. The smallest absolute Gasteiger partial charge is 0.219 e. The minimum atomic E-state index is 0.190. The van der Waals surface area contributed by atoms with Crippen molar-refractivity contribution in [1.29, 1.82) is 0 Å². The van der Waals surface area contributed by atoms with E-state index in [4.69, 9.17) is 9.26 Å². The molecule has 3 aromatic rings. The number of nitrogens with zero attached hydrogens (tertiary/aromatic N) is 3. The van der Waals surface area contributed by atoms with Crippen LogP contribution in [0, 0.1) is 0 Å². The van der Waals surface area contributed by atoms with E-state index < -0.39 is 0 Å². The van der Waals surface area contributed by atoms with E-state index in [2.05, 4.69) is 23.0 Å². The normalized spacial score (nSPS) is 17.5. The van der Waals surface area contributed by atoms with Crippen LogP contribution in [0.15, 0.2) is 22.7 Å². The number of piperidine rings is 1. The van der Waals surface area contributed by atoms with Crippen molar-refractivity contribution in [3.8, 4) is 5.75 Å². The van der Waals surface area contributed by atoms with Crippen LogP contribution in [-0.2, 0) is 30.6 Å². The van der Waals surface area contributed by atoms with E-state index in [-0.39, 0.29) is 5.91 Å². The Morgan fingerprint density at radius 1 is 1.27 bits per heavy atom. The minimum absolute atomic E-state index is 0.190. The van der Waals surface area contributed by atoms with Gasteiger partial charge >= 0.3 is 0 Å². The van der Waals surface area contributed by atoms with Gasteiger partial charge in [-0.1, -0.05) is 12.1 Å². The van der Waals surface area contributed by atoms with Gasteiger partial charge in [-0.3, -0.25) is 4.79 Å². The number of rotatable bonds is 6. The summed E-state index contributed by atoms with van der Waals surface area (Å²) in [5.41, 5.74) is 4.99. The van der Waals surface area contributed by atoms with E-state index in [0.717, 1.165) is 87.2 Å². The van der Waals surface area contributed by atoms with Gasteiger partial charge in [-0.15, -0.1) is 11.3 Å². The second kappa shape index (κ2) is 9.47. The zero-order valence-electron chi connectivity index (χ0n) is 19.9. The van der Waals surface area contributed by atoms with Crippen molar-refractivity contribution in [2.24, 2.45) is 0 Å². The standard InChI is InChI=1S/C26H33N3O3S/c1-4-20-21-9-14-29(17(2)30)16-25(21)33-24(20)10-13-28-11-7-18(8-12-28)26-22-6-5-19(31-3)15-23(22)32-27-26/h5-6,15,18H,4,7-14,16H2,1-3H3. The fraction of sp³-hybridized carbons (Fsp3) is 0.538. The van der Waals surface area contributed by atoms with Crippen molar-refractivity contribution in [1.82, 2.24) is 15.0 Å². The quantitative estimate of drug-likeness (QED) is 0.522. The Hall–Kier alpha value is -2.38. The highest BCUT2D eigenvalue weighted by molar-refractivity contribution is 7.12. The molecule has 176 valence electrons. The Balaban J connectivity index is 1.20. The molecule has 2 aliphatic rings. The van der Waals surface area contributed by atoms with Crippen LogP contribution in [0.1, 0.15) is 59.2 Å². The van der Waals surface area contributed by atoms with E-state index >= 15 is 0 Å². The molecule has 0 bridgehead atoms. The molecule has 1 saturated heterocycles. The maximum absolute atomic E-state index is 11.8. The molecule has 0 aliphatic carbocycles. The van der Waals surface area contributed by atoms with Crippen LogP contribution in [-0.4, -0.2) is 54.2 Å². The van der Waals surface area contributed by atoms with E-state index in [1.165, 1.54) is 15.3 Å². The topological polar surface area (TPSA) is 58.8 Å². The third kappa shape index (κ3) is 4.41. The lowest BCUT2D eigenvalue weighted by molar-refractivity contribution is -0.129. The van der Waals surface area contributed by atoms with Crippen molar-refractivity contribution in [3.05, 3.63) is 44.8 Å². The highest BCUT2D eigenvalue weighted by Crippen LogP contribution is 2.36. The summed E-state index contributed by atoms with van der Waals surface area (Å²) in [4.78, 5) is 19.4. The second-order valence-electron chi connectivity index (χ2n) is 9.25. The molecule has 7 heteroatoms. The predicted octanol–water partition coefficient (Wildman–Crippen LogP) is 4.79. The number of fused-ring (bicyclic) bond motifs is 2. The zero-order chi connectivity index (χ0) is 22.9. The number of aromatic nitrogens is 1. The fourth-order valence-corrected chi connectivity index (χ4v) is 6.91. The van der Waals surface area contributed by atoms with Crippen molar-refractivity contribution in [2.45, 2.75) is 58.4 Å². The highest BCUT2D eigenvalue weighted by atomic mass is 32.1. The number of thiophene rings is 1. The first-order chi connectivity index (χ1) is 16.1. The summed E-state index contributed by atoms with van der Waals surface area (Å²) in [5, 5.41) is 5.53. The Morgan fingerprint density at radius 2 is 2.09 bits per heavy atom. The summed E-state index contributed by atoms with van der Waals surface area (Å²) in [6.07, 6.45) is 5.44. The third-order valence-electron chi connectivity index (χ3n) is 7.39. The summed E-state index contributed by atoms with van der Waals surface area (Å²) >= 11 is 1.95. The summed E-state index contributed by atoms with van der Waals surface area (Å²) in [6, 6.07) is 5.98. The van der Waals surface area contributed by atoms with E-state index in [1.807, 2.05) is 28.4 Å². The lowest BCUT2D eigenvalue weighted by Gasteiger charge is -2.31. The van der Waals surface area contributed by atoms with Crippen LogP contribution in [0.25, 0.3) is 11.0 Å². The molecule has 0 saturated carbocycles. The second-order valence-corrected chi connectivity index (χ2v) is 10.4. The molecule has 2 aromatic heterocycles. The molecule has 5 rings (SSSR count). The van der Waals surface area contributed by atoms with Crippen LogP contribution in [0.5, 0.6) is 5.75 Å². The number of hydrogen-bond donors (Lipinski definition) is 0. The summed E-state index contributed by atoms with van der Waals surface area (Å²) in [7, 11) is 1.67. The number of ether oxygens (including phenoxy) is 1. The van der Waals surface area contributed by atoms with Gasteiger partial charge in [0.2, 0.25) is 5.91 Å². The van der Waals surface area contributed by atoms with E-state index in [1.54, 1.807) is 19.6 Å². The van der Waals surface area contributed by atoms with Crippen LogP contribution in [0.4, 0.5) is 0 Å². The van der Waals surface area contributed by atoms with Crippen molar-refractivity contribution < 1.29 is 14.1 Å². The molecule has 6 nitrogen and oxygen atoms in total. The van der Waals surface area contributed by atoms with Gasteiger partial charge in [0.15, 0.2) is 5.58 Å². The van der Waals surface area contributed by atoms with Crippen molar-refractivity contribution >= 4 is 28.2 Å². The molecule has 0 radical (unpaired) electrons. The van der Waals surface area contributed by atoms with Gasteiger partial charge in [-0.25, -0.2) is 0 Å². The first-order valence-electron chi connectivity index (χ1n) is 12.1. The van der Waals surface area contributed by atoms with E-state index in [9.17, 15) is 4.79 Å². The zero-order valence-corrected chi connectivity index (χ0v) is 20.7. The summed E-state index contributed by atoms with van der Waals surface area (Å²) in [6.45, 7) is 8.91. The molecule has 1 aromatic carbocycles. The molecule has 4 heterocycles. The van der Waals surface area contributed by atoms with E-state index in [0.29, 0.717) is 5.92 Å². The van der Waals surface area contributed by atoms with Gasteiger partial charge in [0.1, 0.15) is 5.75 Å². The summed E-state index contributed by atoms with van der Waals surface area (Å²) < 4.78 is 10.9. The SMILES string of the molecule is CCc1c(CCN2CCC(c3noc4cc(OC)ccc34)CC2)sc2c1CCN(C(C)=O)C2. The number of carbonyl (C=O) groups is 1. The Bertz CT molecular complexity index is 1140. The van der Waals surface area contributed by atoms with Gasteiger partial charge < -0.3 is 19.1 Å². The highest BCUT2D eigenvalue weighted by Gasteiger charge is 2.27. The number of benzene rings is 1. The number of carbonyl (C=O) groups excluding carboxylic acids is 1. The van der Waals surface area contributed by atoms with Crippen LogP contribution < -0.4 is 4.74 Å². The first kappa shape index (κ1) is 22.4. The number of hydrogen-bond acceptors (Lipinski definition) is 6. The maximum atomic E-state index is 11.8. The molecular formula is C26H33N3O3S. The third-order valence-corrected chi connectivity index (χ3v) is 8.70. The Kier molecular flexibility index (Phi) is 6.43. The number of amides is 1. The minimum Gasteiger partial charge on any atom is -0.497 e. The van der Waals surface area contributed by atoms with Gasteiger partial charge in [0.05, 0.1) is 19.3 Å². The first-order valence-corrected chi connectivity index (χ1v) is 12.9. The molecule has 1 amide bonds. The van der Waals surface area contributed by atoms with Crippen LogP contribution >= 0.6 is 11.3 Å². The number of methoxy groups -OCH3 is 1. The van der Waals surface area contributed by atoms with Gasteiger partial charge in [0, 0.05) is 47.1 Å². The van der Waals surface area contributed by atoms with Crippen LogP contribution in [0.2, 0.25) is 0 Å². The maximum Gasteiger partial charge on any atom is 0.219 e. The molecule has 33 heavy (non-hydrogen) atoms. The Labute approximate surface area is 199 Å². The number of likely N-dealkylation sites (tertiary alicyclic amines) is 1. The predicted molar refractivity (Wildman–Crippen MR) is 131 cm³/mol. The largest absolute Gasteiger partial charge is 0.497 e. The molecular weight excluding hydrogens is 434 g/mol. The average Bonchev–Trinajstić information content (AvgIpc) is 3.42. The average molecular weight is 468 g/mol. The lowest BCUT2D eigenvalue weighted by Crippen LogP contribution is -2.34. The Morgan fingerprint density at radius 3 is 2.82 bits per heavy atom. The molecule has 0 N–H and O–H groups in total. The van der Waals surface area contributed by atoms with Gasteiger partial charge in [0.25, 0.3) is 0 Å². The lowest BCUT2D eigenvalue weighted by atomic mass is 9.91. The van der Waals surface area contributed by atoms with Crippen molar-refractivity contribution in [3.63, 3.8) is 0 Å². The molecule has 0 atom stereocenters. The summed E-state index contributed by atoms with van der Waals surface area (Å²) in [5.74, 6) is 1.44. The molecule has 2 aliphatic heterocycles. The molecule has 0 spiro atoms. The van der Waals surface area contributed by atoms with Gasteiger partial charge in [-0.2, -0.15) is 0 Å².